The van der Waals surface area contributed by atoms with Gasteiger partial charge in [0, 0.05) is 31.5 Å². The minimum absolute atomic E-state index is 0.766. The van der Waals surface area contributed by atoms with Crippen LogP contribution in [0.15, 0.2) is 12.4 Å². The van der Waals surface area contributed by atoms with Gasteiger partial charge in [-0.25, -0.2) is 4.98 Å². The average Bonchev–Trinajstić information content (AvgIpc) is 2.66. The Morgan fingerprint density at radius 3 is 2.87 bits per heavy atom. The van der Waals surface area contributed by atoms with E-state index in [2.05, 4.69) is 28.0 Å². The number of nitrogens with zero attached hydrogens (tertiary/aromatic N) is 2. The molecule has 0 unspecified atom stereocenters. The highest BCUT2D eigenvalue weighted by Gasteiger charge is 2.11. The summed E-state index contributed by atoms with van der Waals surface area (Å²) < 4.78 is 2.20. The molecule has 15 heavy (non-hydrogen) atoms. The molecule has 1 fully saturated rings. The average molecular weight is 207 g/mol. The fourth-order valence-electron chi connectivity index (χ4n) is 2.34. The Balaban J connectivity index is 1.68. The second-order valence-electron chi connectivity index (χ2n) is 4.46. The fourth-order valence-corrected chi connectivity index (χ4v) is 2.34. The molecule has 3 nitrogen and oxygen atoms in total. The quantitative estimate of drug-likeness (QED) is 0.819. The van der Waals surface area contributed by atoms with Gasteiger partial charge in [-0.1, -0.05) is 19.3 Å². The summed E-state index contributed by atoms with van der Waals surface area (Å²) in [6, 6.07) is 0.766. The molecule has 0 bridgehead atoms. The summed E-state index contributed by atoms with van der Waals surface area (Å²) in [5, 5.41) is 3.64. The highest BCUT2D eigenvalue weighted by Crippen LogP contribution is 2.17. The third kappa shape index (κ3) is 3.06. The van der Waals surface area contributed by atoms with Crippen molar-refractivity contribution in [1.29, 1.82) is 0 Å². The van der Waals surface area contributed by atoms with Crippen LogP contribution in [-0.4, -0.2) is 22.1 Å². The van der Waals surface area contributed by atoms with E-state index >= 15 is 0 Å². The zero-order valence-electron chi connectivity index (χ0n) is 9.58. The maximum atomic E-state index is 4.22. The van der Waals surface area contributed by atoms with Crippen LogP contribution in [-0.2, 0) is 6.54 Å². The van der Waals surface area contributed by atoms with E-state index in [1.54, 1.807) is 0 Å². The highest BCUT2D eigenvalue weighted by atomic mass is 15.1. The number of hydrogen-bond acceptors (Lipinski definition) is 2. The molecule has 84 valence electrons. The SMILES string of the molecule is Cc1nccn1CCNC1CCCCC1. The molecule has 1 N–H and O–H groups in total. The van der Waals surface area contributed by atoms with Gasteiger partial charge in [0.15, 0.2) is 0 Å². The summed E-state index contributed by atoms with van der Waals surface area (Å²) in [6.07, 6.45) is 10.9. The number of aryl methyl sites for hydroxylation is 1. The normalized spacial score (nSPS) is 18.2. The summed E-state index contributed by atoms with van der Waals surface area (Å²) in [5.41, 5.74) is 0. The van der Waals surface area contributed by atoms with Gasteiger partial charge in [-0.15, -0.1) is 0 Å². The lowest BCUT2D eigenvalue weighted by atomic mass is 9.95. The molecule has 0 amide bonds. The van der Waals surface area contributed by atoms with Crippen molar-refractivity contribution in [2.45, 2.75) is 51.6 Å². The first kappa shape index (κ1) is 10.7. The standard InChI is InChI=1S/C12H21N3/c1-11-13-7-9-15(11)10-8-14-12-5-3-2-4-6-12/h7,9,12,14H,2-6,8,10H2,1H3. The molecule has 0 spiro atoms. The summed E-state index contributed by atoms with van der Waals surface area (Å²) in [4.78, 5) is 4.22. The molecule has 0 aliphatic heterocycles. The third-order valence-electron chi connectivity index (χ3n) is 3.31. The smallest absolute Gasteiger partial charge is 0.105 e. The summed E-state index contributed by atoms with van der Waals surface area (Å²) >= 11 is 0. The molecule has 1 aromatic heterocycles. The van der Waals surface area contributed by atoms with Crippen LogP contribution in [0.25, 0.3) is 0 Å². The summed E-state index contributed by atoms with van der Waals surface area (Å²) in [7, 11) is 0. The monoisotopic (exact) mass is 207 g/mol. The first-order valence-corrected chi connectivity index (χ1v) is 6.07. The maximum Gasteiger partial charge on any atom is 0.105 e. The number of rotatable bonds is 4. The lowest BCUT2D eigenvalue weighted by Gasteiger charge is -2.23. The van der Waals surface area contributed by atoms with Crippen LogP contribution >= 0.6 is 0 Å². The second-order valence-corrected chi connectivity index (χ2v) is 4.46. The van der Waals surface area contributed by atoms with Gasteiger partial charge in [0.1, 0.15) is 5.82 Å². The maximum absolute atomic E-state index is 4.22. The Labute approximate surface area is 91.9 Å². The molecular weight excluding hydrogens is 186 g/mol. The molecular formula is C12H21N3. The highest BCUT2D eigenvalue weighted by molar-refractivity contribution is 4.88. The Kier molecular flexibility index (Phi) is 3.78. The van der Waals surface area contributed by atoms with E-state index in [0.717, 1.165) is 25.0 Å². The minimum Gasteiger partial charge on any atom is -0.334 e. The topological polar surface area (TPSA) is 29.9 Å². The lowest BCUT2D eigenvalue weighted by Crippen LogP contribution is -2.33. The zero-order valence-corrected chi connectivity index (χ0v) is 9.58. The largest absolute Gasteiger partial charge is 0.334 e. The van der Waals surface area contributed by atoms with Crippen LogP contribution in [0.5, 0.6) is 0 Å². The molecule has 1 aromatic rings. The summed E-state index contributed by atoms with van der Waals surface area (Å²) in [6.45, 7) is 4.17. The van der Waals surface area contributed by atoms with Crippen LogP contribution < -0.4 is 5.32 Å². The molecule has 3 heteroatoms. The van der Waals surface area contributed by atoms with E-state index in [9.17, 15) is 0 Å². The van der Waals surface area contributed by atoms with Gasteiger partial charge in [-0.3, -0.25) is 0 Å². The second kappa shape index (κ2) is 5.31. The van der Waals surface area contributed by atoms with E-state index < -0.39 is 0 Å². The Hall–Kier alpha value is -0.830. The number of imidazole rings is 1. The first-order valence-electron chi connectivity index (χ1n) is 6.07. The molecule has 0 aromatic carbocycles. The molecule has 0 saturated heterocycles. The van der Waals surface area contributed by atoms with E-state index in [-0.39, 0.29) is 0 Å². The van der Waals surface area contributed by atoms with Gasteiger partial charge < -0.3 is 9.88 Å². The number of hydrogen-bond donors (Lipinski definition) is 1. The van der Waals surface area contributed by atoms with Gasteiger partial charge >= 0.3 is 0 Å². The van der Waals surface area contributed by atoms with Crippen molar-refractivity contribution >= 4 is 0 Å². The van der Waals surface area contributed by atoms with Crippen molar-refractivity contribution in [3.63, 3.8) is 0 Å². The van der Waals surface area contributed by atoms with Crippen molar-refractivity contribution in [3.8, 4) is 0 Å². The van der Waals surface area contributed by atoms with Crippen LogP contribution in [0, 0.1) is 6.92 Å². The van der Waals surface area contributed by atoms with Gasteiger partial charge in [-0.05, 0) is 19.8 Å². The zero-order chi connectivity index (χ0) is 10.5. The third-order valence-corrected chi connectivity index (χ3v) is 3.31. The number of aromatic nitrogens is 2. The predicted octanol–water partition coefficient (Wildman–Crippen LogP) is 2.11. The predicted molar refractivity (Wildman–Crippen MR) is 61.8 cm³/mol. The van der Waals surface area contributed by atoms with Gasteiger partial charge in [0.05, 0.1) is 0 Å². The Morgan fingerprint density at radius 2 is 2.20 bits per heavy atom. The fraction of sp³-hybridized carbons (Fsp3) is 0.750. The van der Waals surface area contributed by atoms with Crippen LogP contribution in [0.1, 0.15) is 37.9 Å². The van der Waals surface area contributed by atoms with E-state index in [1.165, 1.54) is 32.1 Å². The van der Waals surface area contributed by atoms with E-state index in [0.29, 0.717) is 0 Å². The van der Waals surface area contributed by atoms with Crippen molar-refractivity contribution < 1.29 is 0 Å². The van der Waals surface area contributed by atoms with Crippen molar-refractivity contribution in [2.75, 3.05) is 6.54 Å². The molecule has 0 radical (unpaired) electrons. The van der Waals surface area contributed by atoms with Gasteiger partial charge in [-0.2, -0.15) is 0 Å². The number of nitrogens with one attached hydrogen (secondary N) is 1. The van der Waals surface area contributed by atoms with Crippen molar-refractivity contribution in [1.82, 2.24) is 14.9 Å². The van der Waals surface area contributed by atoms with Crippen LogP contribution in [0.3, 0.4) is 0 Å². The lowest BCUT2D eigenvalue weighted by molar-refractivity contribution is 0.367. The minimum atomic E-state index is 0.766. The molecule has 2 rings (SSSR count). The molecule has 1 heterocycles. The van der Waals surface area contributed by atoms with Crippen molar-refractivity contribution in [2.24, 2.45) is 0 Å². The van der Waals surface area contributed by atoms with Crippen LogP contribution in [0.2, 0.25) is 0 Å². The van der Waals surface area contributed by atoms with E-state index in [4.69, 9.17) is 0 Å². The van der Waals surface area contributed by atoms with Crippen LogP contribution in [0.4, 0.5) is 0 Å². The summed E-state index contributed by atoms with van der Waals surface area (Å²) in [5.74, 6) is 1.11. The Morgan fingerprint density at radius 1 is 1.40 bits per heavy atom. The van der Waals surface area contributed by atoms with E-state index in [1.807, 2.05) is 6.20 Å². The Bertz CT molecular complexity index is 287. The van der Waals surface area contributed by atoms with Crippen molar-refractivity contribution in [3.05, 3.63) is 18.2 Å². The van der Waals surface area contributed by atoms with Gasteiger partial charge in [0.25, 0.3) is 0 Å². The molecule has 0 atom stereocenters. The molecule has 1 aliphatic rings. The molecule has 1 saturated carbocycles. The van der Waals surface area contributed by atoms with Gasteiger partial charge in [0.2, 0.25) is 0 Å². The first-order chi connectivity index (χ1) is 7.36. The molecule has 1 aliphatic carbocycles.